The average Bonchev–Trinajstić information content (AvgIpc) is 2.55. The summed E-state index contributed by atoms with van der Waals surface area (Å²) < 4.78 is 1.07. The summed E-state index contributed by atoms with van der Waals surface area (Å²) in [6.07, 6.45) is 0.653. The van der Waals surface area contributed by atoms with Crippen molar-refractivity contribution < 1.29 is 10.0 Å². The van der Waals surface area contributed by atoms with E-state index >= 15 is 0 Å². The van der Waals surface area contributed by atoms with Gasteiger partial charge in [0.1, 0.15) is 11.3 Å². The third-order valence-electron chi connectivity index (χ3n) is 2.42. The van der Waals surface area contributed by atoms with E-state index in [9.17, 15) is 10.0 Å². The maximum Gasteiger partial charge on any atom is 0.159 e. The molecule has 78 valence electrons. The lowest BCUT2D eigenvalue weighted by atomic mass is 10.1. The Labute approximate surface area is 87.1 Å². The van der Waals surface area contributed by atoms with E-state index in [0.717, 1.165) is 4.73 Å². The molecule has 0 unspecified atom stereocenters. The number of Topliss-reactive ketones (excluding diaryl/α,β-unsaturated/α-hetero) is 1. The Bertz CT molecular complexity index is 529. The van der Waals surface area contributed by atoms with Gasteiger partial charge in [0.2, 0.25) is 0 Å². The molecule has 2 aromatic rings. The van der Waals surface area contributed by atoms with E-state index in [2.05, 4.69) is 4.98 Å². The van der Waals surface area contributed by atoms with Crippen LogP contribution in [-0.2, 0) is 6.42 Å². The van der Waals surface area contributed by atoms with Crippen LogP contribution in [0.4, 0.5) is 0 Å². The number of aromatic nitrogens is 2. The van der Waals surface area contributed by atoms with Crippen molar-refractivity contribution in [2.75, 3.05) is 0 Å². The van der Waals surface area contributed by atoms with Crippen LogP contribution in [0.1, 0.15) is 30.0 Å². The molecule has 1 aromatic heterocycles. The maximum atomic E-state index is 11.2. The highest BCUT2D eigenvalue weighted by molar-refractivity contribution is 5.97. The summed E-state index contributed by atoms with van der Waals surface area (Å²) in [6.45, 7) is 3.43. The molecule has 0 saturated carbocycles. The zero-order valence-corrected chi connectivity index (χ0v) is 8.69. The summed E-state index contributed by atoms with van der Waals surface area (Å²) in [6, 6.07) is 5.10. The summed E-state index contributed by atoms with van der Waals surface area (Å²) in [7, 11) is 0. The first-order chi connectivity index (χ1) is 7.13. The number of carbonyl (C=O) groups excluding carboxylic acids is 1. The van der Waals surface area contributed by atoms with Gasteiger partial charge in [-0.15, -0.1) is 0 Å². The molecule has 0 aliphatic rings. The molecular weight excluding hydrogens is 192 g/mol. The highest BCUT2D eigenvalue weighted by Gasteiger charge is 2.09. The van der Waals surface area contributed by atoms with Gasteiger partial charge in [0.25, 0.3) is 0 Å². The molecule has 0 spiro atoms. The lowest BCUT2D eigenvalue weighted by molar-refractivity contribution is 0.101. The van der Waals surface area contributed by atoms with E-state index in [1.54, 1.807) is 18.2 Å². The smallest absolute Gasteiger partial charge is 0.159 e. The Morgan fingerprint density at radius 3 is 2.87 bits per heavy atom. The van der Waals surface area contributed by atoms with Crippen molar-refractivity contribution in [1.29, 1.82) is 0 Å². The zero-order valence-electron chi connectivity index (χ0n) is 8.69. The minimum absolute atomic E-state index is 0.00226. The Morgan fingerprint density at radius 1 is 1.53 bits per heavy atom. The normalized spacial score (nSPS) is 10.8. The minimum Gasteiger partial charge on any atom is -0.427 e. The molecule has 1 N–H and O–H groups in total. The minimum atomic E-state index is 0.00226. The van der Waals surface area contributed by atoms with Crippen molar-refractivity contribution in [3.05, 3.63) is 29.6 Å². The van der Waals surface area contributed by atoms with Crippen LogP contribution >= 0.6 is 0 Å². The molecule has 2 rings (SSSR count). The Kier molecular flexibility index (Phi) is 2.19. The predicted molar refractivity (Wildman–Crippen MR) is 56.3 cm³/mol. The molecule has 4 heteroatoms. The van der Waals surface area contributed by atoms with E-state index in [0.29, 0.717) is 28.8 Å². The molecule has 0 saturated heterocycles. The second-order valence-electron chi connectivity index (χ2n) is 3.45. The molecule has 0 radical (unpaired) electrons. The maximum absolute atomic E-state index is 11.2. The van der Waals surface area contributed by atoms with Gasteiger partial charge in [-0.3, -0.25) is 4.79 Å². The van der Waals surface area contributed by atoms with Crippen molar-refractivity contribution in [3.63, 3.8) is 0 Å². The predicted octanol–water partition coefficient (Wildman–Crippen LogP) is 2.04. The average molecular weight is 204 g/mol. The topological polar surface area (TPSA) is 55.1 Å². The SMILES string of the molecule is CCc1nc2cc(C(C)=O)ccc2n1O. The molecule has 1 aromatic carbocycles. The van der Waals surface area contributed by atoms with Gasteiger partial charge >= 0.3 is 0 Å². The first kappa shape index (κ1) is 9.71. The van der Waals surface area contributed by atoms with Crippen molar-refractivity contribution in [2.45, 2.75) is 20.3 Å². The van der Waals surface area contributed by atoms with Crippen LogP contribution in [0.3, 0.4) is 0 Å². The van der Waals surface area contributed by atoms with Gasteiger partial charge in [-0.25, -0.2) is 4.98 Å². The van der Waals surface area contributed by atoms with Crippen molar-refractivity contribution >= 4 is 16.8 Å². The molecule has 0 atom stereocenters. The van der Waals surface area contributed by atoms with Crippen molar-refractivity contribution in [3.8, 4) is 0 Å². The van der Waals surface area contributed by atoms with Crippen LogP contribution < -0.4 is 0 Å². The van der Waals surface area contributed by atoms with Crippen LogP contribution in [0.2, 0.25) is 0 Å². The molecule has 0 aliphatic carbocycles. The number of imidazole rings is 1. The van der Waals surface area contributed by atoms with Gasteiger partial charge in [-0.05, 0) is 25.1 Å². The summed E-state index contributed by atoms with van der Waals surface area (Å²) in [5.41, 5.74) is 1.90. The van der Waals surface area contributed by atoms with Gasteiger partial charge in [-0.1, -0.05) is 6.92 Å². The number of rotatable bonds is 2. The highest BCUT2D eigenvalue weighted by atomic mass is 16.5. The van der Waals surface area contributed by atoms with E-state index < -0.39 is 0 Å². The second kappa shape index (κ2) is 3.38. The van der Waals surface area contributed by atoms with Crippen LogP contribution in [0.5, 0.6) is 0 Å². The molecule has 0 bridgehead atoms. The van der Waals surface area contributed by atoms with Crippen LogP contribution in [0.25, 0.3) is 11.0 Å². The van der Waals surface area contributed by atoms with Crippen LogP contribution in [0, 0.1) is 0 Å². The molecule has 0 aliphatic heterocycles. The summed E-state index contributed by atoms with van der Waals surface area (Å²) in [5.74, 6) is 0.605. The monoisotopic (exact) mass is 204 g/mol. The van der Waals surface area contributed by atoms with Gasteiger partial charge in [0.05, 0.1) is 5.52 Å². The van der Waals surface area contributed by atoms with E-state index in [4.69, 9.17) is 0 Å². The van der Waals surface area contributed by atoms with Gasteiger partial charge in [0, 0.05) is 12.0 Å². The Balaban J connectivity index is 2.68. The number of aryl methyl sites for hydroxylation is 1. The number of benzene rings is 1. The van der Waals surface area contributed by atoms with Crippen molar-refractivity contribution in [2.24, 2.45) is 0 Å². The molecule has 4 nitrogen and oxygen atoms in total. The lowest BCUT2D eigenvalue weighted by Gasteiger charge is -1.97. The van der Waals surface area contributed by atoms with Gasteiger partial charge in [-0.2, -0.15) is 4.73 Å². The quantitative estimate of drug-likeness (QED) is 0.601. The number of ketones is 1. The fraction of sp³-hybridized carbons (Fsp3) is 0.273. The van der Waals surface area contributed by atoms with Gasteiger partial charge < -0.3 is 5.21 Å². The van der Waals surface area contributed by atoms with E-state index in [-0.39, 0.29) is 5.78 Å². The standard InChI is InChI=1S/C11H12N2O2/c1-3-11-12-9-6-8(7(2)14)4-5-10(9)13(11)15/h4-6,15H,3H2,1-2H3. The van der Waals surface area contributed by atoms with Crippen LogP contribution in [0.15, 0.2) is 18.2 Å². The number of fused-ring (bicyclic) bond motifs is 1. The first-order valence-electron chi connectivity index (χ1n) is 4.85. The molecular formula is C11H12N2O2. The van der Waals surface area contributed by atoms with Gasteiger partial charge in [0.15, 0.2) is 5.78 Å². The Morgan fingerprint density at radius 2 is 2.27 bits per heavy atom. The Hall–Kier alpha value is -1.84. The largest absolute Gasteiger partial charge is 0.427 e. The first-order valence-corrected chi connectivity index (χ1v) is 4.85. The summed E-state index contributed by atoms with van der Waals surface area (Å²) in [4.78, 5) is 15.4. The van der Waals surface area contributed by atoms with Crippen molar-refractivity contribution in [1.82, 2.24) is 9.71 Å². The van der Waals surface area contributed by atoms with E-state index in [1.807, 2.05) is 6.92 Å². The van der Waals surface area contributed by atoms with Crippen LogP contribution in [-0.4, -0.2) is 20.7 Å². The highest BCUT2D eigenvalue weighted by Crippen LogP contribution is 2.17. The molecule has 0 amide bonds. The summed E-state index contributed by atoms with van der Waals surface area (Å²) in [5, 5.41) is 9.69. The molecule has 0 fully saturated rings. The second-order valence-corrected chi connectivity index (χ2v) is 3.45. The third-order valence-corrected chi connectivity index (χ3v) is 2.42. The number of hydrogen-bond acceptors (Lipinski definition) is 3. The fourth-order valence-electron chi connectivity index (χ4n) is 1.57. The lowest BCUT2D eigenvalue weighted by Crippen LogP contribution is -1.96. The van der Waals surface area contributed by atoms with E-state index in [1.165, 1.54) is 6.92 Å². The molecule has 1 heterocycles. The summed E-state index contributed by atoms with van der Waals surface area (Å²) >= 11 is 0. The third kappa shape index (κ3) is 1.48. The number of carbonyl (C=O) groups is 1. The fourth-order valence-corrected chi connectivity index (χ4v) is 1.57. The zero-order chi connectivity index (χ0) is 11.0. The number of nitrogens with zero attached hydrogens (tertiary/aromatic N) is 2. The molecule has 15 heavy (non-hydrogen) atoms. The number of hydrogen-bond donors (Lipinski definition) is 1.